The van der Waals surface area contributed by atoms with Crippen molar-refractivity contribution in [1.29, 1.82) is 0 Å². The molecule has 1 heterocycles. The van der Waals surface area contributed by atoms with Gasteiger partial charge in [-0.1, -0.05) is 6.92 Å². The van der Waals surface area contributed by atoms with Crippen LogP contribution in [0.1, 0.15) is 25.3 Å². The first-order chi connectivity index (χ1) is 8.95. The summed E-state index contributed by atoms with van der Waals surface area (Å²) in [7, 11) is -1.79. The number of benzene rings is 1. The van der Waals surface area contributed by atoms with Gasteiger partial charge in [0.15, 0.2) is 0 Å². The second-order valence-corrected chi connectivity index (χ2v) is 7.15. The first-order valence-corrected chi connectivity index (χ1v) is 8.04. The average Bonchev–Trinajstić information content (AvgIpc) is 2.38. The molecule has 0 bridgehead atoms. The Kier molecular flexibility index (Phi) is 4.16. The van der Waals surface area contributed by atoms with Crippen molar-refractivity contribution in [3.8, 4) is 5.75 Å². The van der Waals surface area contributed by atoms with Gasteiger partial charge in [-0.3, -0.25) is 0 Å². The molecule has 0 spiro atoms. The van der Waals surface area contributed by atoms with E-state index in [1.807, 2.05) is 6.92 Å². The molecule has 0 radical (unpaired) electrons. The number of methoxy groups -OCH3 is 1. The molecule has 1 unspecified atom stereocenters. The number of piperidine rings is 1. The fraction of sp³-hybridized carbons (Fsp3) is 0.571. The summed E-state index contributed by atoms with van der Waals surface area (Å²) in [6, 6.07) is 5.11. The van der Waals surface area contributed by atoms with Crippen LogP contribution < -0.4 is 4.74 Å². The molecule has 4 nitrogen and oxygen atoms in total. The zero-order valence-corrected chi connectivity index (χ0v) is 12.5. The highest BCUT2D eigenvalue weighted by Gasteiger charge is 2.29. The summed E-state index contributed by atoms with van der Waals surface area (Å²) in [5, 5.41) is 0. The SMILES string of the molecule is COc1ccc(S(=O)(=O)N2CCCC(C)C2)c(C)c1. The Labute approximate surface area is 115 Å². The second-order valence-electron chi connectivity index (χ2n) is 5.24. The van der Waals surface area contributed by atoms with Crippen molar-refractivity contribution >= 4 is 10.0 Å². The topological polar surface area (TPSA) is 46.6 Å². The average molecular weight is 283 g/mol. The van der Waals surface area contributed by atoms with Gasteiger partial charge in [0, 0.05) is 13.1 Å². The summed E-state index contributed by atoms with van der Waals surface area (Å²) in [6.07, 6.45) is 2.04. The summed E-state index contributed by atoms with van der Waals surface area (Å²) in [4.78, 5) is 0.391. The third-order valence-electron chi connectivity index (χ3n) is 3.62. The van der Waals surface area contributed by atoms with E-state index in [-0.39, 0.29) is 0 Å². The minimum atomic E-state index is -3.37. The minimum absolute atomic E-state index is 0.391. The molecule has 1 aliphatic heterocycles. The molecule has 0 N–H and O–H groups in total. The van der Waals surface area contributed by atoms with E-state index < -0.39 is 10.0 Å². The van der Waals surface area contributed by atoms with Crippen LogP contribution in [0.5, 0.6) is 5.75 Å². The third kappa shape index (κ3) is 2.92. The largest absolute Gasteiger partial charge is 0.497 e. The van der Waals surface area contributed by atoms with Gasteiger partial charge in [0.1, 0.15) is 5.75 Å². The van der Waals surface area contributed by atoms with Gasteiger partial charge in [-0.2, -0.15) is 4.31 Å². The summed E-state index contributed by atoms with van der Waals surface area (Å²) >= 11 is 0. The van der Waals surface area contributed by atoms with E-state index in [0.29, 0.717) is 29.7 Å². The maximum atomic E-state index is 12.6. The van der Waals surface area contributed by atoms with Crippen molar-refractivity contribution in [1.82, 2.24) is 4.31 Å². The van der Waals surface area contributed by atoms with Gasteiger partial charge >= 0.3 is 0 Å². The van der Waals surface area contributed by atoms with E-state index in [9.17, 15) is 8.42 Å². The molecule has 1 saturated heterocycles. The third-order valence-corrected chi connectivity index (χ3v) is 5.65. The Morgan fingerprint density at radius 3 is 2.68 bits per heavy atom. The van der Waals surface area contributed by atoms with Crippen LogP contribution in [0.4, 0.5) is 0 Å². The molecule has 0 aromatic heterocycles. The van der Waals surface area contributed by atoms with Gasteiger partial charge in [-0.25, -0.2) is 8.42 Å². The highest BCUT2D eigenvalue weighted by molar-refractivity contribution is 7.89. The molecular weight excluding hydrogens is 262 g/mol. The predicted octanol–water partition coefficient (Wildman–Crippen LogP) is 2.42. The maximum absolute atomic E-state index is 12.6. The Bertz CT molecular complexity index is 554. The molecule has 1 aliphatic rings. The van der Waals surface area contributed by atoms with Gasteiger partial charge in [-0.15, -0.1) is 0 Å². The normalized spacial score (nSPS) is 21.3. The van der Waals surface area contributed by atoms with E-state index in [2.05, 4.69) is 6.92 Å². The molecule has 1 aromatic rings. The minimum Gasteiger partial charge on any atom is -0.497 e. The smallest absolute Gasteiger partial charge is 0.243 e. The zero-order valence-electron chi connectivity index (χ0n) is 11.7. The van der Waals surface area contributed by atoms with Gasteiger partial charge < -0.3 is 4.74 Å². The number of aryl methyl sites for hydroxylation is 1. The molecule has 0 amide bonds. The monoisotopic (exact) mass is 283 g/mol. The van der Waals surface area contributed by atoms with Gasteiger partial charge in [0.25, 0.3) is 0 Å². The van der Waals surface area contributed by atoms with Crippen LogP contribution in [0, 0.1) is 12.8 Å². The lowest BCUT2D eigenvalue weighted by atomic mass is 10.0. The summed E-state index contributed by atoms with van der Waals surface area (Å²) in [5.74, 6) is 1.12. The van der Waals surface area contributed by atoms with Crippen molar-refractivity contribution in [3.63, 3.8) is 0 Å². The highest BCUT2D eigenvalue weighted by atomic mass is 32.2. The molecule has 1 atom stereocenters. The van der Waals surface area contributed by atoms with Crippen LogP contribution in [0.15, 0.2) is 23.1 Å². The summed E-state index contributed by atoms with van der Waals surface area (Å²) in [5.41, 5.74) is 0.734. The molecule has 2 rings (SSSR count). The van der Waals surface area contributed by atoms with Crippen molar-refractivity contribution in [3.05, 3.63) is 23.8 Å². The first-order valence-electron chi connectivity index (χ1n) is 6.60. The number of rotatable bonds is 3. The van der Waals surface area contributed by atoms with E-state index in [0.717, 1.165) is 18.4 Å². The Morgan fingerprint density at radius 2 is 2.11 bits per heavy atom. The van der Waals surface area contributed by atoms with Crippen molar-refractivity contribution in [2.45, 2.75) is 31.6 Å². The van der Waals surface area contributed by atoms with Crippen LogP contribution in [-0.2, 0) is 10.0 Å². The molecule has 0 aliphatic carbocycles. The van der Waals surface area contributed by atoms with Gasteiger partial charge in [0.05, 0.1) is 12.0 Å². The van der Waals surface area contributed by atoms with Crippen molar-refractivity contribution in [2.24, 2.45) is 5.92 Å². The van der Waals surface area contributed by atoms with Crippen molar-refractivity contribution in [2.75, 3.05) is 20.2 Å². The second kappa shape index (κ2) is 5.51. The number of sulfonamides is 1. The fourth-order valence-electron chi connectivity index (χ4n) is 2.54. The number of nitrogens with zero attached hydrogens (tertiary/aromatic N) is 1. The Morgan fingerprint density at radius 1 is 1.37 bits per heavy atom. The van der Waals surface area contributed by atoms with Crippen LogP contribution in [0.25, 0.3) is 0 Å². The summed E-state index contributed by atoms with van der Waals surface area (Å²) < 4.78 is 32.0. The molecule has 19 heavy (non-hydrogen) atoms. The number of hydrogen-bond acceptors (Lipinski definition) is 3. The first kappa shape index (κ1) is 14.3. The highest BCUT2D eigenvalue weighted by Crippen LogP contribution is 2.27. The fourth-order valence-corrected chi connectivity index (χ4v) is 4.35. The van der Waals surface area contributed by atoms with E-state index in [1.165, 1.54) is 0 Å². The lowest BCUT2D eigenvalue weighted by Gasteiger charge is -2.30. The molecule has 106 valence electrons. The van der Waals surface area contributed by atoms with E-state index in [4.69, 9.17) is 4.74 Å². The van der Waals surface area contributed by atoms with E-state index >= 15 is 0 Å². The number of ether oxygens (including phenoxy) is 1. The predicted molar refractivity (Wildman–Crippen MR) is 74.9 cm³/mol. The Balaban J connectivity index is 2.33. The lowest BCUT2D eigenvalue weighted by Crippen LogP contribution is -2.39. The van der Waals surface area contributed by atoms with Gasteiger partial charge in [0.2, 0.25) is 10.0 Å². The standard InChI is InChI=1S/C14H21NO3S/c1-11-5-4-8-15(10-11)19(16,17)14-7-6-13(18-3)9-12(14)2/h6-7,9,11H,4-5,8,10H2,1-3H3. The maximum Gasteiger partial charge on any atom is 0.243 e. The van der Waals surface area contributed by atoms with Crippen molar-refractivity contribution < 1.29 is 13.2 Å². The molecule has 1 aromatic carbocycles. The number of hydrogen-bond donors (Lipinski definition) is 0. The lowest BCUT2D eigenvalue weighted by molar-refractivity contribution is 0.281. The molecular formula is C14H21NO3S. The van der Waals surface area contributed by atoms with Crippen LogP contribution in [0.3, 0.4) is 0 Å². The zero-order chi connectivity index (χ0) is 14.0. The van der Waals surface area contributed by atoms with Gasteiger partial charge in [-0.05, 0) is 49.4 Å². The molecule has 0 saturated carbocycles. The molecule has 5 heteroatoms. The van der Waals surface area contributed by atoms with E-state index in [1.54, 1.807) is 29.6 Å². The van der Waals surface area contributed by atoms with Crippen LogP contribution in [0.2, 0.25) is 0 Å². The summed E-state index contributed by atoms with van der Waals surface area (Å²) in [6.45, 7) is 5.15. The quantitative estimate of drug-likeness (QED) is 0.856. The Hall–Kier alpha value is -1.07. The van der Waals surface area contributed by atoms with Crippen LogP contribution in [-0.4, -0.2) is 32.9 Å². The van der Waals surface area contributed by atoms with Crippen LogP contribution >= 0.6 is 0 Å². The molecule has 1 fully saturated rings.